The predicted molar refractivity (Wildman–Crippen MR) is 175 cm³/mol. The number of hydrogen-bond acceptors (Lipinski definition) is 15. The average molecular weight is 711 g/mol. The highest BCUT2D eigenvalue weighted by Gasteiger charge is 2.50. The van der Waals surface area contributed by atoms with Gasteiger partial charge in [0.1, 0.15) is 55.4 Å². The number of allylic oxidation sites excluding steroid dienone is 8. The lowest BCUT2D eigenvalue weighted by Gasteiger charge is -2.45. The number of esters is 2. The topological polar surface area (TPSA) is 239 Å². The molecule has 0 aromatic rings. The Balaban J connectivity index is 1.57. The molecule has 0 bridgehead atoms. The molecule has 0 aromatic heterocycles. The van der Waals surface area contributed by atoms with Crippen molar-refractivity contribution in [1.29, 1.82) is 0 Å². The molecule has 3 rings (SSSR count). The summed E-state index contributed by atoms with van der Waals surface area (Å²) in [6.07, 6.45) is -9.40. The highest BCUT2D eigenvalue weighted by Crippen LogP contribution is 2.41. The number of carbonyl (C=O) groups excluding carboxylic acids is 3. The first-order chi connectivity index (χ1) is 23.4. The molecule has 280 valence electrons. The second kappa shape index (κ2) is 17.9. The molecular formula is C35H50O15. The fraction of sp³-hybridized carbons (Fsp3) is 0.629. The molecule has 2 heterocycles. The zero-order valence-corrected chi connectivity index (χ0v) is 28.9. The maximum absolute atomic E-state index is 13.2. The van der Waals surface area contributed by atoms with Gasteiger partial charge in [0.25, 0.3) is 0 Å². The minimum Gasteiger partial charge on any atom is -0.463 e. The lowest BCUT2D eigenvalue weighted by Crippen LogP contribution is -2.64. The van der Waals surface area contributed by atoms with E-state index in [-0.39, 0.29) is 12.2 Å². The molecule has 50 heavy (non-hydrogen) atoms. The van der Waals surface area contributed by atoms with Crippen LogP contribution in [0.4, 0.5) is 0 Å². The first-order valence-corrected chi connectivity index (χ1v) is 16.3. The van der Waals surface area contributed by atoms with Crippen molar-refractivity contribution < 1.29 is 73.8 Å². The molecule has 15 heteroatoms. The van der Waals surface area contributed by atoms with Crippen LogP contribution >= 0.6 is 0 Å². The Morgan fingerprint density at radius 2 is 1.58 bits per heavy atom. The SMILES string of the molecule is C=C(C)/C=C/C=C(C)/C=C/C1=C(C)C(=O)C(OC(=O)CCC(=O)OCC2OC(O)C(O)C(O)C2OC2OC(CO)C(O)C(O)C2O)CC1(C)C. The van der Waals surface area contributed by atoms with E-state index >= 15 is 0 Å². The largest absolute Gasteiger partial charge is 0.463 e. The Hall–Kier alpha value is -3.09. The normalized spacial score (nSPS) is 35.1. The fourth-order valence-electron chi connectivity index (χ4n) is 5.85. The van der Waals surface area contributed by atoms with Crippen molar-refractivity contribution in [3.8, 4) is 0 Å². The third-order valence-corrected chi connectivity index (χ3v) is 8.76. The van der Waals surface area contributed by atoms with Crippen molar-refractivity contribution in [3.05, 3.63) is 59.3 Å². The Kier molecular flexibility index (Phi) is 14.8. The Labute approximate surface area is 290 Å². The fourth-order valence-corrected chi connectivity index (χ4v) is 5.85. The van der Waals surface area contributed by atoms with Crippen LogP contribution < -0.4 is 0 Å². The Morgan fingerprint density at radius 3 is 2.22 bits per heavy atom. The van der Waals surface area contributed by atoms with Crippen molar-refractivity contribution in [2.24, 2.45) is 5.41 Å². The quantitative estimate of drug-likeness (QED) is 0.0968. The molecule has 0 saturated carbocycles. The molecule has 15 nitrogen and oxygen atoms in total. The van der Waals surface area contributed by atoms with Gasteiger partial charge in [-0.2, -0.15) is 0 Å². The summed E-state index contributed by atoms with van der Waals surface area (Å²) in [4.78, 5) is 38.4. The summed E-state index contributed by atoms with van der Waals surface area (Å²) in [5, 5.41) is 70.5. The van der Waals surface area contributed by atoms with Gasteiger partial charge in [-0.1, -0.05) is 62.0 Å². The summed E-state index contributed by atoms with van der Waals surface area (Å²) >= 11 is 0. The molecule has 0 amide bonds. The van der Waals surface area contributed by atoms with E-state index in [1.807, 2.05) is 58.1 Å². The van der Waals surface area contributed by atoms with E-state index in [0.717, 1.165) is 16.7 Å². The zero-order valence-electron chi connectivity index (χ0n) is 28.9. The van der Waals surface area contributed by atoms with E-state index in [0.29, 0.717) is 5.57 Å². The number of ketones is 1. The van der Waals surface area contributed by atoms with E-state index in [1.54, 1.807) is 6.92 Å². The summed E-state index contributed by atoms with van der Waals surface area (Å²) in [5.74, 6) is -2.06. The van der Waals surface area contributed by atoms with Gasteiger partial charge < -0.3 is 59.4 Å². The lowest BCUT2D eigenvalue weighted by molar-refractivity contribution is -0.355. The number of hydrogen-bond donors (Lipinski definition) is 7. The Morgan fingerprint density at radius 1 is 0.920 bits per heavy atom. The first-order valence-electron chi connectivity index (χ1n) is 16.3. The van der Waals surface area contributed by atoms with Gasteiger partial charge in [0.2, 0.25) is 0 Å². The van der Waals surface area contributed by atoms with Gasteiger partial charge in [-0.15, -0.1) is 0 Å². The summed E-state index contributed by atoms with van der Waals surface area (Å²) in [7, 11) is 0. The monoisotopic (exact) mass is 710 g/mol. The maximum atomic E-state index is 13.2. The molecule has 0 spiro atoms. The molecule has 11 atom stereocenters. The number of ether oxygens (including phenoxy) is 5. The van der Waals surface area contributed by atoms with Crippen molar-refractivity contribution in [1.82, 2.24) is 0 Å². The second-order valence-corrected chi connectivity index (χ2v) is 13.4. The van der Waals surface area contributed by atoms with Crippen molar-refractivity contribution >= 4 is 17.7 Å². The average Bonchev–Trinajstić information content (AvgIpc) is 3.05. The summed E-state index contributed by atoms with van der Waals surface area (Å²) in [5.41, 5.74) is 2.65. The smallest absolute Gasteiger partial charge is 0.307 e. The van der Waals surface area contributed by atoms with Crippen molar-refractivity contribution in [2.45, 2.75) is 121 Å². The van der Waals surface area contributed by atoms with Gasteiger partial charge in [0.15, 0.2) is 24.5 Å². The van der Waals surface area contributed by atoms with Crippen LogP contribution in [0.15, 0.2) is 59.3 Å². The van der Waals surface area contributed by atoms with Crippen LogP contribution in [0.3, 0.4) is 0 Å². The third-order valence-electron chi connectivity index (χ3n) is 8.76. The number of aliphatic hydroxyl groups is 7. The minimum atomic E-state index is -1.92. The third kappa shape index (κ3) is 10.5. The molecule has 2 saturated heterocycles. The highest BCUT2D eigenvalue weighted by atomic mass is 16.7. The maximum Gasteiger partial charge on any atom is 0.307 e. The molecule has 7 N–H and O–H groups in total. The van der Waals surface area contributed by atoms with Gasteiger partial charge in [0, 0.05) is 6.42 Å². The second-order valence-electron chi connectivity index (χ2n) is 13.4. The van der Waals surface area contributed by atoms with Crippen LogP contribution in [0.5, 0.6) is 0 Å². The number of Topliss-reactive ketones (excluding diaryl/α,β-unsaturated/α-hetero) is 1. The molecule has 11 unspecified atom stereocenters. The van der Waals surface area contributed by atoms with Crippen LogP contribution in [0.2, 0.25) is 0 Å². The number of aliphatic hydroxyl groups excluding tert-OH is 7. The highest BCUT2D eigenvalue weighted by molar-refractivity contribution is 6.01. The standard InChI is InChI=1S/C35H50O15/c1-17(2)8-7-9-18(3)10-11-20-19(4)26(39)21(14-35(20,5)6)47-25(38)13-12-24(37)46-16-23-32(29(42)30(43)33(45)48-23)50-34-31(44)28(41)27(40)22(15-36)49-34/h7-11,21-23,27-34,36,40-45H,1,12-16H2,2-6H3/b8-7+,11-10+,18-9+. The molecule has 0 aromatic carbocycles. The summed E-state index contributed by atoms with van der Waals surface area (Å²) < 4.78 is 26.7. The van der Waals surface area contributed by atoms with Crippen LogP contribution in [-0.4, -0.2) is 134 Å². The molecule has 2 aliphatic heterocycles. The van der Waals surface area contributed by atoms with E-state index in [4.69, 9.17) is 23.7 Å². The summed E-state index contributed by atoms with van der Waals surface area (Å²) in [6, 6.07) is 0. The van der Waals surface area contributed by atoms with Gasteiger partial charge in [-0.25, -0.2) is 0 Å². The molecule has 3 aliphatic rings. The van der Waals surface area contributed by atoms with Gasteiger partial charge in [-0.05, 0) is 37.3 Å². The molecule has 0 radical (unpaired) electrons. The van der Waals surface area contributed by atoms with Crippen LogP contribution in [0.25, 0.3) is 0 Å². The zero-order chi connectivity index (χ0) is 37.5. The molecule has 2 fully saturated rings. The van der Waals surface area contributed by atoms with E-state index in [9.17, 15) is 50.1 Å². The minimum absolute atomic E-state index is 0.225. The molecular weight excluding hydrogens is 660 g/mol. The number of carbonyl (C=O) groups is 3. The molecule has 1 aliphatic carbocycles. The van der Waals surface area contributed by atoms with Gasteiger partial charge in [0.05, 0.1) is 19.4 Å². The predicted octanol–water partition coefficient (Wildman–Crippen LogP) is -0.204. The van der Waals surface area contributed by atoms with Gasteiger partial charge >= 0.3 is 11.9 Å². The van der Waals surface area contributed by atoms with Crippen LogP contribution in [0, 0.1) is 5.41 Å². The van der Waals surface area contributed by atoms with Crippen LogP contribution in [-0.2, 0) is 38.1 Å². The van der Waals surface area contributed by atoms with Crippen LogP contribution in [0.1, 0.15) is 53.9 Å². The first kappa shape index (κ1) is 41.3. The Bertz CT molecular complexity index is 1360. The van der Waals surface area contributed by atoms with E-state index < -0.39 is 111 Å². The number of rotatable bonds is 13. The van der Waals surface area contributed by atoms with Gasteiger partial charge in [-0.3, -0.25) is 14.4 Å². The van der Waals surface area contributed by atoms with E-state index in [2.05, 4.69) is 6.58 Å². The van der Waals surface area contributed by atoms with E-state index in [1.165, 1.54) is 0 Å². The lowest BCUT2D eigenvalue weighted by atomic mass is 9.71. The summed E-state index contributed by atoms with van der Waals surface area (Å²) in [6.45, 7) is 11.8. The van der Waals surface area contributed by atoms with Crippen molar-refractivity contribution in [2.75, 3.05) is 13.2 Å². The van der Waals surface area contributed by atoms with Crippen molar-refractivity contribution in [3.63, 3.8) is 0 Å².